The molecule has 1 aromatic carbocycles. The predicted octanol–water partition coefficient (Wildman–Crippen LogP) is 4.58. The monoisotopic (exact) mass is 459 g/mol. The normalized spacial score (nSPS) is 16.6. The van der Waals surface area contributed by atoms with Crippen molar-refractivity contribution in [2.24, 2.45) is 5.73 Å². The van der Waals surface area contributed by atoms with Crippen molar-refractivity contribution in [3.05, 3.63) is 75.3 Å². The van der Waals surface area contributed by atoms with E-state index >= 15 is 0 Å². The molecule has 33 heavy (non-hydrogen) atoms. The SMILES string of the molecule is CCC(N)/C=C/C(=O)N1Cc2sc(C#N)cc2[C@H](c2ccccc2-c2cn(CC)nc2C)C1. The van der Waals surface area contributed by atoms with E-state index in [9.17, 15) is 10.1 Å². The lowest BCUT2D eigenvalue weighted by Crippen LogP contribution is -2.37. The van der Waals surface area contributed by atoms with Crippen molar-refractivity contribution in [2.75, 3.05) is 6.54 Å². The first kappa shape index (κ1) is 23.0. The molecule has 2 atom stereocenters. The van der Waals surface area contributed by atoms with Gasteiger partial charge in [-0.3, -0.25) is 9.48 Å². The molecule has 4 rings (SSSR count). The summed E-state index contributed by atoms with van der Waals surface area (Å²) in [6, 6.07) is 12.5. The molecule has 170 valence electrons. The van der Waals surface area contributed by atoms with Crippen LogP contribution in [0.5, 0.6) is 0 Å². The van der Waals surface area contributed by atoms with E-state index in [1.807, 2.05) is 41.6 Å². The van der Waals surface area contributed by atoms with Crippen molar-refractivity contribution in [3.63, 3.8) is 0 Å². The van der Waals surface area contributed by atoms with Gasteiger partial charge in [-0.05, 0) is 43.0 Å². The molecule has 7 heteroatoms. The van der Waals surface area contributed by atoms with Gasteiger partial charge in [-0.1, -0.05) is 37.3 Å². The van der Waals surface area contributed by atoms with Gasteiger partial charge in [-0.25, -0.2) is 0 Å². The first-order valence-electron chi connectivity index (χ1n) is 11.3. The minimum absolute atomic E-state index is 0.0233. The lowest BCUT2D eigenvalue weighted by Gasteiger charge is -2.33. The fourth-order valence-corrected chi connectivity index (χ4v) is 5.38. The van der Waals surface area contributed by atoms with Gasteiger partial charge in [0.05, 0.1) is 12.2 Å². The second-order valence-electron chi connectivity index (χ2n) is 8.37. The summed E-state index contributed by atoms with van der Waals surface area (Å²) in [5.41, 5.74) is 11.5. The van der Waals surface area contributed by atoms with Crippen molar-refractivity contribution < 1.29 is 4.79 Å². The van der Waals surface area contributed by atoms with E-state index in [-0.39, 0.29) is 17.9 Å². The number of hydrogen-bond acceptors (Lipinski definition) is 5. The minimum Gasteiger partial charge on any atom is -0.333 e. The molecule has 3 heterocycles. The molecule has 3 aromatic rings. The maximum absolute atomic E-state index is 13.0. The summed E-state index contributed by atoms with van der Waals surface area (Å²) in [7, 11) is 0. The molecule has 1 aliphatic rings. The van der Waals surface area contributed by atoms with Crippen molar-refractivity contribution in [2.45, 2.75) is 52.2 Å². The van der Waals surface area contributed by atoms with Crippen LogP contribution in [0.15, 0.2) is 48.7 Å². The zero-order chi connectivity index (χ0) is 23.5. The second-order valence-corrected chi connectivity index (χ2v) is 9.51. The van der Waals surface area contributed by atoms with E-state index in [2.05, 4.69) is 36.4 Å². The third-order valence-electron chi connectivity index (χ3n) is 6.23. The van der Waals surface area contributed by atoms with E-state index in [1.165, 1.54) is 11.3 Å². The van der Waals surface area contributed by atoms with Crippen molar-refractivity contribution in [3.8, 4) is 17.2 Å². The van der Waals surface area contributed by atoms with Crippen LogP contribution in [0.25, 0.3) is 11.1 Å². The summed E-state index contributed by atoms with van der Waals surface area (Å²) in [5, 5.41) is 14.2. The number of nitriles is 1. The Morgan fingerprint density at radius 3 is 2.82 bits per heavy atom. The van der Waals surface area contributed by atoms with Gasteiger partial charge in [0.1, 0.15) is 10.9 Å². The number of nitrogens with two attached hydrogens (primary N) is 1. The van der Waals surface area contributed by atoms with Gasteiger partial charge in [-0.2, -0.15) is 10.4 Å². The van der Waals surface area contributed by atoms with Gasteiger partial charge in [0.2, 0.25) is 5.91 Å². The fourth-order valence-electron chi connectivity index (χ4n) is 4.34. The quantitative estimate of drug-likeness (QED) is 0.547. The van der Waals surface area contributed by atoms with Crippen molar-refractivity contribution >= 4 is 17.2 Å². The maximum Gasteiger partial charge on any atom is 0.246 e. The standard InChI is InChI=1S/C26H29N5OS/c1-4-18(28)10-11-26(32)30-14-24(22-12-19(13-27)33-25(22)16-30)21-9-7-6-8-20(21)23-15-31(5-2)29-17(23)3/h6-12,15,18,24H,4-5,14,16,28H2,1-3H3/b11-10+/t18?,24-/m0/s1. The van der Waals surface area contributed by atoms with Gasteiger partial charge in [0, 0.05) is 47.8 Å². The third-order valence-corrected chi connectivity index (χ3v) is 7.27. The van der Waals surface area contributed by atoms with E-state index in [4.69, 9.17) is 5.73 Å². The lowest BCUT2D eigenvalue weighted by atomic mass is 9.84. The number of aryl methyl sites for hydroxylation is 2. The highest BCUT2D eigenvalue weighted by Gasteiger charge is 2.32. The number of nitrogens with zero attached hydrogens (tertiary/aromatic N) is 4. The van der Waals surface area contributed by atoms with Crippen molar-refractivity contribution in [1.82, 2.24) is 14.7 Å². The molecular formula is C26H29N5OS. The van der Waals surface area contributed by atoms with Crippen LogP contribution in [0.2, 0.25) is 0 Å². The van der Waals surface area contributed by atoms with Gasteiger partial charge >= 0.3 is 0 Å². The average Bonchev–Trinajstić information content (AvgIpc) is 3.44. The molecule has 0 aliphatic carbocycles. The number of rotatable bonds is 6. The molecule has 0 fully saturated rings. The van der Waals surface area contributed by atoms with E-state index in [0.29, 0.717) is 18.0 Å². The largest absolute Gasteiger partial charge is 0.333 e. The Balaban J connectivity index is 1.78. The number of carbonyl (C=O) groups is 1. The topological polar surface area (TPSA) is 87.9 Å². The first-order valence-corrected chi connectivity index (χ1v) is 12.2. The molecule has 0 radical (unpaired) electrons. The zero-order valence-electron chi connectivity index (χ0n) is 19.3. The third kappa shape index (κ3) is 4.63. The Labute approximate surface area is 198 Å². The average molecular weight is 460 g/mol. The molecule has 1 amide bonds. The minimum atomic E-state index is -0.129. The Bertz CT molecular complexity index is 1230. The highest BCUT2D eigenvalue weighted by atomic mass is 32.1. The smallest absolute Gasteiger partial charge is 0.246 e. The van der Waals surface area contributed by atoms with Crippen molar-refractivity contribution in [1.29, 1.82) is 5.26 Å². The first-order chi connectivity index (χ1) is 15.9. The molecule has 0 saturated carbocycles. The Kier molecular flexibility index (Phi) is 6.77. The van der Waals surface area contributed by atoms with E-state index < -0.39 is 0 Å². The maximum atomic E-state index is 13.0. The van der Waals surface area contributed by atoms with Gasteiger partial charge in [0.25, 0.3) is 0 Å². The molecule has 1 aliphatic heterocycles. The molecule has 2 aromatic heterocycles. The number of amides is 1. The molecule has 2 N–H and O–H groups in total. The zero-order valence-corrected chi connectivity index (χ0v) is 20.1. The van der Waals surface area contributed by atoms with Crippen LogP contribution >= 0.6 is 11.3 Å². The number of hydrogen-bond donors (Lipinski definition) is 1. The summed E-state index contributed by atoms with van der Waals surface area (Å²) in [5.74, 6) is -0.0706. The van der Waals surface area contributed by atoms with Gasteiger partial charge < -0.3 is 10.6 Å². The van der Waals surface area contributed by atoms with E-state index in [0.717, 1.165) is 45.8 Å². The molecule has 6 nitrogen and oxygen atoms in total. The number of carbonyl (C=O) groups excluding carboxylic acids is 1. The molecule has 0 saturated heterocycles. The van der Waals surface area contributed by atoms with Crippen LogP contribution in [0.4, 0.5) is 0 Å². The van der Waals surface area contributed by atoms with Crippen LogP contribution in [-0.2, 0) is 17.9 Å². The van der Waals surface area contributed by atoms with E-state index in [1.54, 1.807) is 12.2 Å². The number of fused-ring (bicyclic) bond motifs is 1. The fraction of sp³-hybridized carbons (Fsp3) is 0.346. The predicted molar refractivity (Wildman–Crippen MR) is 132 cm³/mol. The Hall–Kier alpha value is -3.21. The summed E-state index contributed by atoms with van der Waals surface area (Å²) < 4.78 is 1.95. The molecule has 0 bridgehead atoms. The number of aromatic nitrogens is 2. The highest BCUT2D eigenvalue weighted by molar-refractivity contribution is 7.12. The van der Waals surface area contributed by atoms with Crippen LogP contribution < -0.4 is 5.73 Å². The summed E-state index contributed by atoms with van der Waals surface area (Å²) in [6.45, 7) is 7.97. The molecular weight excluding hydrogens is 430 g/mol. The van der Waals surface area contributed by atoms with Gasteiger partial charge in [-0.15, -0.1) is 11.3 Å². The van der Waals surface area contributed by atoms with Crippen LogP contribution in [0.3, 0.4) is 0 Å². The molecule has 0 spiro atoms. The van der Waals surface area contributed by atoms with Gasteiger partial charge in [0.15, 0.2) is 0 Å². The number of thiophene rings is 1. The lowest BCUT2D eigenvalue weighted by molar-refractivity contribution is -0.127. The highest BCUT2D eigenvalue weighted by Crippen LogP contribution is 2.42. The Morgan fingerprint density at radius 2 is 2.12 bits per heavy atom. The summed E-state index contributed by atoms with van der Waals surface area (Å²) in [4.78, 5) is 16.7. The Morgan fingerprint density at radius 1 is 1.33 bits per heavy atom. The van der Waals surface area contributed by atoms with Crippen LogP contribution in [0, 0.1) is 18.3 Å². The molecule has 1 unspecified atom stereocenters. The van der Waals surface area contributed by atoms with Crippen LogP contribution in [0.1, 0.15) is 52.8 Å². The summed E-state index contributed by atoms with van der Waals surface area (Å²) in [6.07, 6.45) is 6.24. The number of benzene rings is 1. The summed E-state index contributed by atoms with van der Waals surface area (Å²) >= 11 is 1.48. The second kappa shape index (κ2) is 9.74. The van der Waals surface area contributed by atoms with Crippen LogP contribution in [-0.4, -0.2) is 33.2 Å².